The predicted molar refractivity (Wildman–Crippen MR) is 82.0 cm³/mol. The van der Waals surface area contributed by atoms with Crippen molar-refractivity contribution >= 4 is 5.91 Å². The normalized spacial score (nSPS) is 30.2. The Balaban J connectivity index is 1.76. The van der Waals surface area contributed by atoms with Crippen molar-refractivity contribution in [3.63, 3.8) is 0 Å². The lowest BCUT2D eigenvalue weighted by atomic mass is 9.76. The Morgan fingerprint density at radius 1 is 1.43 bits per heavy atom. The molecule has 1 aromatic heterocycles. The second-order valence-corrected chi connectivity index (χ2v) is 6.84. The zero-order valence-electron chi connectivity index (χ0n) is 13.4. The number of nitrogens with zero attached hydrogens (tertiary/aromatic N) is 4. The third kappa shape index (κ3) is 2.59. The number of likely N-dealkylation sites (N-methyl/N-ethyl adjacent to an activating group) is 1. The van der Waals surface area contributed by atoms with Gasteiger partial charge in [0.1, 0.15) is 6.54 Å². The molecular formula is C16H26N4O. The van der Waals surface area contributed by atoms with Crippen LogP contribution in [0.5, 0.6) is 0 Å². The fourth-order valence-corrected chi connectivity index (χ4v) is 4.04. The molecule has 2 aliphatic rings. The third-order valence-corrected chi connectivity index (χ3v) is 5.40. The molecule has 0 N–H and O–H groups in total. The first-order chi connectivity index (χ1) is 10.0. The number of hydrogen-bond acceptors (Lipinski definition) is 3. The maximum atomic E-state index is 12.7. The second kappa shape index (κ2) is 5.44. The number of likely N-dealkylation sites (tertiary alicyclic amines) is 2. The first-order valence-corrected chi connectivity index (χ1v) is 8.00. The van der Waals surface area contributed by atoms with Gasteiger partial charge >= 0.3 is 0 Å². The molecule has 0 unspecified atom stereocenters. The van der Waals surface area contributed by atoms with E-state index in [0.29, 0.717) is 12.6 Å². The zero-order chi connectivity index (χ0) is 15.0. The molecule has 0 saturated carbocycles. The van der Waals surface area contributed by atoms with E-state index in [1.165, 1.54) is 12.8 Å². The Morgan fingerprint density at radius 3 is 2.95 bits per heavy atom. The van der Waals surface area contributed by atoms with E-state index in [9.17, 15) is 4.79 Å². The number of amides is 1. The van der Waals surface area contributed by atoms with Crippen LogP contribution in [0.25, 0.3) is 0 Å². The zero-order valence-corrected chi connectivity index (χ0v) is 13.4. The van der Waals surface area contributed by atoms with Gasteiger partial charge in [0.25, 0.3) is 0 Å². The van der Waals surface area contributed by atoms with Gasteiger partial charge in [-0.25, -0.2) is 0 Å². The number of aryl methyl sites for hydroxylation is 1. The molecule has 0 spiro atoms. The highest BCUT2D eigenvalue weighted by atomic mass is 16.2. The molecule has 0 aromatic carbocycles. The quantitative estimate of drug-likeness (QED) is 0.832. The lowest BCUT2D eigenvalue weighted by Gasteiger charge is -2.55. The Morgan fingerprint density at radius 2 is 2.24 bits per heavy atom. The first kappa shape index (κ1) is 14.6. The number of carbonyl (C=O) groups is 1. The first-order valence-electron chi connectivity index (χ1n) is 8.00. The molecule has 21 heavy (non-hydrogen) atoms. The van der Waals surface area contributed by atoms with E-state index in [1.54, 1.807) is 4.68 Å². The van der Waals surface area contributed by atoms with Crippen molar-refractivity contribution < 1.29 is 4.79 Å². The summed E-state index contributed by atoms with van der Waals surface area (Å²) in [5, 5.41) is 4.25. The van der Waals surface area contributed by atoms with E-state index < -0.39 is 0 Å². The van der Waals surface area contributed by atoms with Gasteiger partial charge in [0.15, 0.2) is 0 Å². The average Bonchev–Trinajstić information content (AvgIpc) is 2.85. The van der Waals surface area contributed by atoms with E-state index in [2.05, 4.69) is 28.9 Å². The molecule has 2 fully saturated rings. The monoisotopic (exact) mass is 290 g/mol. The maximum Gasteiger partial charge on any atom is 0.244 e. The summed E-state index contributed by atoms with van der Waals surface area (Å²) in [5.74, 6) is 0.212. The molecule has 5 heteroatoms. The molecule has 3 rings (SSSR count). The van der Waals surface area contributed by atoms with Crippen molar-refractivity contribution in [2.75, 3.05) is 20.1 Å². The number of aromatic nitrogens is 2. The Kier molecular flexibility index (Phi) is 3.78. The smallest absolute Gasteiger partial charge is 0.244 e. The average molecular weight is 290 g/mol. The minimum absolute atomic E-state index is 0.145. The van der Waals surface area contributed by atoms with Crippen LogP contribution < -0.4 is 0 Å². The molecule has 1 aromatic rings. The summed E-state index contributed by atoms with van der Waals surface area (Å²) >= 11 is 0. The molecule has 0 bridgehead atoms. The van der Waals surface area contributed by atoms with Gasteiger partial charge in [0.05, 0.1) is 6.20 Å². The highest BCUT2D eigenvalue weighted by Gasteiger charge is 2.46. The standard InChI is InChI=1S/C16H26N4O/c1-13-10-17-19(11-13)12-15(21)20-9-5-7-16(2)14(20)6-4-8-18(16)3/h10-11,14H,4-9,12H2,1-3H3/t14-,16-/m0/s1. The summed E-state index contributed by atoms with van der Waals surface area (Å²) in [5.41, 5.74) is 1.25. The van der Waals surface area contributed by atoms with E-state index in [0.717, 1.165) is 31.5 Å². The number of piperidine rings is 2. The highest BCUT2D eigenvalue weighted by Crippen LogP contribution is 2.38. The number of fused-ring (bicyclic) bond motifs is 1. The van der Waals surface area contributed by atoms with Gasteiger partial charge in [-0.05, 0) is 58.7 Å². The summed E-state index contributed by atoms with van der Waals surface area (Å²) in [6, 6.07) is 0.356. The largest absolute Gasteiger partial charge is 0.336 e. The van der Waals surface area contributed by atoms with Gasteiger partial charge in [-0.15, -0.1) is 0 Å². The van der Waals surface area contributed by atoms with Crippen LogP contribution in [-0.2, 0) is 11.3 Å². The van der Waals surface area contributed by atoms with Gasteiger partial charge in [0.2, 0.25) is 5.91 Å². The predicted octanol–water partition coefficient (Wildman–Crippen LogP) is 1.67. The van der Waals surface area contributed by atoms with Gasteiger partial charge in [-0.1, -0.05) is 0 Å². The van der Waals surface area contributed by atoms with E-state index in [4.69, 9.17) is 0 Å². The maximum absolute atomic E-state index is 12.7. The van der Waals surface area contributed by atoms with Crippen LogP contribution in [0, 0.1) is 6.92 Å². The summed E-state index contributed by atoms with van der Waals surface area (Å²) in [6.07, 6.45) is 8.35. The lowest BCUT2D eigenvalue weighted by Crippen LogP contribution is -2.66. The van der Waals surface area contributed by atoms with Crippen LogP contribution in [0.2, 0.25) is 0 Å². The second-order valence-electron chi connectivity index (χ2n) is 6.84. The van der Waals surface area contributed by atoms with E-state index >= 15 is 0 Å². The van der Waals surface area contributed by atoms with Crippen LogP contribution in [-0.4, -0.2) is 57.2 Å². The van der Waals surface area contributed by atoms with Crippen molar-refractivity contribution in [1.82, 2.24) is 19.6 Å². The molecule has 0 aliphatic carbocycles. The van der Waals surface area contributed by atoms with Gasteiger partial charge in [-0.2, -0.15) is 5.10 Å². The van der Waals surface area contributed by atoms with Crippen molar-refractivity contribution in [3.8, 4) is 0 Å². The minimum atomic E-state index is 0.145. The third-order valence-electron chi connectivity index (χ3n) is 5.40. The molecule has 5 nitrogen and oxygen atoms in total. The molecule has 2 atom stereocenters. The number of rotatable bonds is 2. The summed E-state index contributed by atoms with van der Waals surface area (Å²) in [7, 11) is 2.21. The Labute approximate surface area is 126 Å². The van der Waals surface area contributed by atoms with Crippen LogP contribution in [0.3, 0.4) is 0 Å². The van der Waals surface area contributed by atoms with E-state index in [1.807, 2.05) is 19.3 Å². The van der Waals surface area contributed by atoms with Crippen LogP contribution in [0.1, 0.15) is 38.2 Å². The Hall–Kier alpha value is -1.36. The SMILES string of the molecule is Cc1cnn(CC(=O)N2CCC[C@@]3(C)[C@@H]2CCCN3C)c1. The molecule has 116 valence electrons. The van der Waals surface area contributed by atoms with Gasteiger partial charge in [-0.3, -0.25) is 14.4 Å². The van der Waals surface area contributed by atoms with Crippen LogP contribution in [0.4, 0.5) is 0 Å². The summed E-state index contributed by atoms with van der Waals surface area (Å²) < 4.78 is 1.76. The fraction of sp³-hybridized carbons (Fsp3) is 0.750. The minimum Gasteiger partial charge on any atom is -0.336 e. The van der Waals surface area contributed by atoms with Gasteiger partial charge in [0, 0.05) is 24.3 Å². The summed E-state index contributed by atoms with van der Waals surface area (Å²) in [4.78, 5) is 17.3. The van der Waals surface area contributed by atoms with Crippen molar-refractivity contribution in [3.05, 3.63) is 18.0 Å². The topological polar surface area (TPSA) is 41.4 Å². The number of carbonyl (C=O) groups excluding carboxylic acids is 1. The van der Waals surface area contributed by atoms with Crippen molar-refractivity contribution in [2.45, 2.75) is 57.7 Å². The molecule has 0 radical (unpaired) electrons. The van der Waals surface area contributed by atoms with E-state index in [-0.39, 0.29) is 11.4 Å². The lowest BCUT2D eigenvalue weighted by molar-refractivity contribution is -0.144. The molecule has 1 amide bonds. The molecule has 2 saturated heterocycles. The fourth-order valence-electron chi connectivity index (χ4n) is 4.04. The highest BCUT2D eigenvalue weighted by molar-refractivity contribution is 5.76. The van der Waals surface area contributed by atoms with Gasteiger partial charge < -0.3 is 4.90 Å². The molecule has 2 aliphatic heterocycles. The Bertz CT molecular complexity index is 526. The molecular weight excluding hydrogens is 264 g/mol. The van der Waals surface area contributed by atoms with Crippen LogP contribution >= 0.6 is 0 Å². The summed E-state index contributed by atoms with van der Waals surface area (Å²) in [6.45, 7) is 6.74. The number of hydrogen-bond donors (Lipinski definition) is 0. The molecule has 3 heterocycles. The van der Waals surface area contributed by atoms with Crippen molar-refractivity contribution in [2.24, 2.45) is 0 Å². The van der Waals surface area contributed by atoms with Crippen molar-refractivity contribution in [1.29, 1.82) is 0 Å². The van der Waals surface area contributed by atoms with Crippen LogP contribution in [0.15, 0.2) is 12.4 Å².